The van der Waals surface area contributed by atoms with E-state index in [1.54, 1.807) is 6.92 Å². The van der Waals surface area contributed by atoms with Crippen LogP contribution in [-0.2, 0) is 17.6 Å². The summed E-state index contributed by atoms with van der Waals surface area (Å²) in [5.74, 6) is -1.44. The maximum Gasteiger partial charge on any atom is 0.304 e. The van der Waals surface area contributed by atoms with E-state index >= 15 is 0 Å². The first-order valence-electron chi connectivity index (χ1n) is 6.45. The van der Waals surface area contributed by atoms with Crippen LogP contribution in [0.2, 0.25) is 0 Å². The molecule has 1 aliphatic rings. The van der Waals surface area contributed by atoms with Crippen LogP contribution in [0, 0.1) is 5.92 Å². The third-order valence-electron chi connectivity index (χ3n) is 3.56. The average Bonchev–Trinajstić information content (AvgIpc) is 2.36. The number of Topliss-reactive ketones (excluding diaryl/α,β-unsaturated/α-hetero) is 1. The number of hydrogen-bond donors (Lipinski definition) is 1. The van der Waals surface area contributed by atoms with Gasteiger partial charge in [-0.1, -0.05) is 19.1 Å². The lowest BCUT2D eigenvalue weighted by Crippen LogP contribution is -2.16. The zero-order valence-electron chi connectivity index (χ0n) is 10.6. The highest BCUT2D eigenvalue weighted by Gasteiger charge is 2.19. The van der Waals surface area contributed by atoms with Gasteiger partial charge in [0.15, 0.2) is 5.78 Å². The van der Waals surface area contributed by atoms with E-state index in [2.05, 4.69) is 0 Å². The Bertz CT molecular complexity index is 477. The van der Waals surface area contributed by atoms with Crippen LogP contribution in [-0.4, -0.2) is 16.9 Å². The van der Waals surface area contributed by atoms with Crippen LogP contribution in [0.15, 0.2) is 18.2 Å². The van der Waals surface area contributed by atoms with Crippen molar-refractivity contribution in [2.24, 2.45) is 5.92 Å². The fraction of sp³-hybridized carbons (Fsp3) is 0.467. The lowest BCUT2D eigenvalue weighted by atomic mass is 9.88. The van der Waals surface area contributed by atoms with E-state index < -0.39 is 11.9 Å². The van der Waals surface area contributed by atoms with Crippen LogP contribution in [0.1, 0.15) is 47.7 Å². The SMILES string of the molecule is CC(CC(=O)O)C(=O)c1ccc2c(c1)CCCC2. The first-order chi connectivity index (χ1) is 8.58. The van der Waals surface area contributed by atoms with E-state index in [0.717, 1.165) is 12.8 Å². The number of carboxylic acids is 1. The largest absolute Gasteiger partial charge is 0.481 e. The molecule has 0 radical (unpaired) electrons. The molecular formula is C15H18O3. The fourth-order valence-corrected chi connectivity index (χ4v) is 2.53. The number of carbonyl (C=O) groups is 2. The zero-order valence-corrected chi connectivity index (χ0v) is 10.6. The van der Waals surface area contributed by atoms with Crippen LogP contribution in [0.25, 0.3) is 0 Å². The molecule has 0 aromatic heterocycles. The Morgan fingerprint density at radius 2 is 1.89 bits per heavy atom. The van der Waals surface area contributed by atoms with Crippen LogP contribution >= 0.6 is 0 Å². The Kier molecular flexibility index (Phi) is 3.80. The molecule has 0 bridgehead atoms. The van der Waals surface area contributed by atoms with Crippen molar-refractivity contribution < 1.29 is 14.7 Å². The van der Waals surface area contributed by atoms with Gasteiger partial charge < -0.3 is 5.11 Å². The van der Waals surface area contributed by atoms with E-state index in [4.69, 9.17) is 5.11 Å². The first-order valence-corrected chi connectivity index (χ1v) is 6.45. The van der Waals surface area contributed by atoms with Crippen molar-refractivity contribution in [3.05, 3.63) is 34.9 Å². The maximum absolute atomic E-state index is 12.1. The lowest BCUT2D eigenvalue weighted by Gasteiger charge is -2.17. The summed E-state index contributed by atoms with van der Waals surface area (Å²) in [6.45, 7) is 1.68. The second-order valence-corrected chi connectivity index (χ2v) is 5.05. The Morgan fingerprint density at radius 3 is 2.56 bits per heavy atom. The molecule has 0 heterocycles. The normalized spacial score (nSPS) is 15.8. The molecule has 0 saturated carbocycles. The molecule has 96 valence electrons. The molecule has 0 fully saturated rings. The summed E-state index contributed by atoms with van der Waals surface area (Å²) >= 11 is 0. The van der Waals surface area contributed by atoms with Gasteiger partial charge in [0.2, 0.25) is 0 Å². The van der Waals surface area contributed by atoms with Crippen molar-refractivity contribution in [1.82, 2.24) is 0 Å². The second-order valence-electron chi connectivity index (χ2n) is 5.05. The molecule has 18 heavy (non-hydrogen) atoms. The van der Waals surface area contributed by atoms with Crippen molar-refractivity contribution in [3.63, 3.8) is 0 Å². The number of hydrogen-bond acceptors (Lipinski definition) is 2. The van der Waals surface area contributed by atoms with Gasteiger partial charge in [0.1, 0.15) is 0 Å². The second kappa shape index (κ2) is 5.34. The van der Waals surface area contributed by atoms with Crippen molar-refractivity contribution in [2.45, 2.75) is 39.0 Å². The van der Waals surface area contributed by atoms with Gasteiger partial charge in [0.05, 0.1) is 6.42 Å². The molecule has 3 nitrogen and oxygen atoms in total. The summed E-state index contributed by atoms with van der Waals surface area (Å²) < 4.78 is 0. The van der Waals surface area contributed by atoms with Crippen molar-refractivity contribution in [1.29, 1.82) is 0 Å². The number of rotatable bonds is 4. The van der Waals surface area contributed by atoms with Gasteiger partial charge in [-0.3, -0.25) is 9.59 Å². The third kappa shape index (κ3) is 2.78. The number of benzene rings is 1. The molecule has 3 heteroatoms. The van der Waals surface area contributed by atoms with Gasteiger partial charge in [-0.2, -0.15) is 0 Å². The molecular weight excluding hydrogens is 228 g/mol. The van der Waals surface area contributed by atoms with E-state index in [9.17, 15) is 9.59 Å². The molecule has 0 saturated heterocycles. The molecule has 1 aromatic rings. The summed E-state index contributed by atoms with van der Waals surface area (Å²) in [7, 11) is 0. The summed E-state index contributed by atoms with van der Waals surface area (Å²) in [5, 5.41) is 8.72. The van der Waals surface area contributed by atoms with Gasteiger partial charge in [-0.25, -0.2) is 0 Å². The van der Waals surface area contributed by atoms with Crippen molar-refractivity contribution in [2.75, 3.05) is 0 Å². The first kappa shape index (κ1) is 12.8. The number of carboxylic acid groups (broad SMARTS) is 1. The molecule has 0 amide bonds. The van der Waals surface area contributed by atoms with Crippen LogP contribution in [0.4, 0.5) is 0 Å². The molecule has 0 spiro atoms. The molecule has 1 aromatic carbocycles. The minimum absolute atomic E-state index is 0.0641. The van der Waals surface area contributed by atoms with Crippen LogP contribution in [0.5, 0.6) is 0 Å². The monoisotopic (exact) mass is 246 g/mol. The molecule has 1 aliphatic carbocycles. The highest BCUT2D eigenvalue weighted by molar-refractivity contribution is 5.99. The highest BCUT2D eigenvalue weighted by Crippen LogP contribution is 2.23. The summed E-state index contributed by atoms with van der Waals surface area (Å²) in [6.07, 6.45) is 4.42. The average molecular weight is 246 g/mol. The predicted octanol–water partition coefficient (Wildman–Crippen LogP) is 2.86. The minimum atomic E-state index is -0.922. The van der Waals surface area contributed by atoms with Gasteiger partial charge >= 0.3 is 5.97 Å². The fourth-order valence-electron chi connectivity index (χ4n) is 2.53. The quantitative estimate of drug-likeness (QED) is 0.831. The number of ketones is 1. The maximum atomic E-state index is 12.1. The van der Waals surface area contributed by atoms with E-state index in [0.29, 0.717) is 5.56 Å². The van der Waals surface area contributed by atoms with E-state index in [1.807, 2.05) is 18.2 Å². The number of carbonyl (C=O) groups excluding carboxylic acids is 1. The Morgan fingerprint density at radius 1 is 1.22 bits per heavy atom. The van der Waals surface area contributed by atoms with E-state index in [-0.39, 0.29) is 12.2 Å². The molecule has 1 N–H and O–H groups in total. The molecule has 1 unspecified atom stereocenters. The van der Waals surface area contributed by atoms with Gasteiger partial charge in [-0.05, 0) is 42.9 Å². The standard InChI is InChI=1S/C15H18O3/c1-10(8-14(16)17)15(18)13-7-6-11-4-2-3-5-12(11)9-13/h6-7,9-10H,2-5,8H2,1H3,(H,16,17). The number of aliphatic carboxylic acids is 1. The molecule has 0 aliphatic heterocycles. The van der Waals surface area contributed by atoms with Gasteiger partial charge in [-0.15, -0.1) is 0 Å². The topological polar surface area (TPSA) is 54.4 Å². The number of fused-ring (bicyclic) bond motifs is 1. The lowest BCUT2D eigenvalue weighted by molar-refractivity contribution is -0.137. The molecule has 2 rings (SSSR count). The third-order valence-corrected chi connectivity index (χ3v) is 3.56. The summed E-state index contributed by atoms with van der Waals surface area (Å²) in [5.41, 5.74) is 3.25. The Balaban J connectivity index is 2.18. The highest BCUT2D eigenvalue weighted by atomic mass is 16.4. The Hall–Kier alpha value is -1.64. The smallest absolute Gasteiger partial charge is 0.304 e. The van der Waals surface area contributed by atoms with Crippen molar-refractivity contribution in [3.8, 4) is 0 Å². The van der Waals surface area contributed by atoms with Gasteiger partial charge in [0, 0.05) is 11.5 Å². The number of aryl methyl sites for hydroxylation is 2. The van der Waals surface area contributed by atoms with Crippen molar-refractivity contribution >= 4 is 11.8 Å². The van der Waals surface area contributed by atoms with Crippen LogP contribution in [0.3, 0.4) is 0 Å². The minimum Gasteiger partial charge on any atom is -0.481 e. The summed E-state index contributed by atoms with van der Waals surface area (Å²) in [6, 6.07) is 5.81. The Labute approximate surface area is 107 Å². The van der Waals surface area contributed by atoms with Gasteiger partial charge in [0.25, 0.3) is 0 Å². The summed E-state index contributed by atoms with van der Waals surface area (Å²) in [4.78, 5) is 22.7. The van der Waals surface area contributed by atoms with Crippen LogP contribution < -0.4 is 0 Å². The zero-order chi connectivity index (χ0) is 13.1. The molecule has 1 atom stereocenters. The predicted molar refractivity (Wildman–Crippen MR) is 68.8 cm³/mol. The van der Waals surface area contributed by atoms with E-state index in [1.165, 1.54) is 24.0 Å².